The highest BCUT2D eigenvalue weighted by molar-refractivity contribution is 7.09. The highest BCUT2D eigenvalue weighted by atomic mass is 32.1. The first-order chi connectivity index (χ1) is 8.25. The van der Waals surface area contributed by atoms with E-state index in [4.69, 9.17) is 0 Å². The van der Waals surface area contributed by atoms with Crippen molar-refractivity contribution < 1.29 is 0 Å². The van der Waals surface area contributed by atoms with Gasteiger partial charge in [0.1, 0.15) is 0 Å². The number of rotatable bonds is 5. The molecule has 0 amide bonds. The van der Waals surface area contributed by atoms with Gasteiger partial charge in [0, 0.05) is 29.9 Å². The molecule has 0 spiro atoms. The average Bonchev–Trinajstić information content (AvgIpc) is 2.81. The van der Waals surface area contributed by atoms with Crippen LogP contribution in [-0.2, 0) is 13.0 Å². The molecule has 1 unspecified atom stereocenters. The van der Waals surface area contributed by atoms with E-state index in [1.165, 1.54) is 16.0 Å². The molecule has 2 heterocycles. The molecule has 0 bridgehead atoms. The Morgan fingerprint density at radius 2 is 2.29 bits per heavy atom. The number of hydrogen-bond acceptors (Lipinski definition) is 3. The molecule has 2 rings (SSSR count). The van der Waals surface area contributed by atoms with Crippen LogP contribution in [0, 0.1) is 6.92 Å². The molecule has 17 heavy (non-hydrogen) atoms. The van der Waals surface area contributed by atoms with Crippen molar-refractivity contribution in [2.45, 2.75) is 32.9 Å². The third-order valence-electron chi connectivity index (χ3n) is 2.88. The molecular formula is C14H18N2S. The Bertz CT molecular complexity index is 451. The number of pyridine rings is 1. The fourth-order valence-corrected chi connectivity index (χ4v) is 2.60. The number of hydrogen-bond donors (Lipinski definition) is 1. The van der Waals surface area contributed by atoms with Gasteiger partial charge in [-0.3, -0.25) is 4.98 Å². The SMILES string of the molecule is Cc1ccncc1CNC(C)Cc1cccs1. The summed E-state index contributed by atoms with van der Waals surface area (Å²) < 4.78 is 0. The van der Waals surface area contributed by atoms with E-state index in [0.717, 1.165) is 13.0 Å². The first kappa shape index (κ1) is 12.3. The summed E-state index contributed by atoms with van der Waals surface area (Å²) in [5.41, 5.74) is 2.58. The second kappa shape index (κ2) is 5.94. The van der Waals surface area contributed by atoms with Crippen LogP contribution in [0.15, 0.2) is 36.0 Å². The third kappa shape index (κ3) is 3.65. The molecule has 2 aromatic rings. The minimum Gasteiger partial charge on any atom is -0.310 e. The highest BCUT2D eigenvalue weighted by Crippen LogP contribution is 2.11. The molecule has 0 saturated heterocycles. The van der Waals surface area contributed by atoms with Crippen LogP contribution in [0.5, 0.6) is 0 Å². The van der Waals surface area contributed by atoms with E-state index in [9.17, 15) is 0 Å². The van der Waals surface area contributed by atoms with Crippen molar-refractivity contribution in [2.75, 3.05) is 0 Å². The topological polar surface area (TPSA) is 24.9 Å². The van der Waals surface area contributed by atoms with Crippen molar-refractivity contribution in [1.82, 2.24) is 10.3 Å². The largest absolute Gasteiger partial charge is 0.310 e. The lowest BCUT2D eigenvalue weighted by molar-refractivity contribution is 0.547. The quantitative estimate of drug-likeness (QED) is 0.876. The predicted molar refractivity (Wildman–Crippen MR) is 73.3 cm³/mol. The smallest absolute Gasteiger partial charge is 0.0315 e. The van der Waals surface area contributed by atoms with Crippen LogP contribution >= 0.6 is 11.3 Å². The van der Waals surface area contributed by atoms with Crippen molar-refractivity contribution in [3.63, 3.8) is 0 Å². The molecular weight excluding hydrogens is 228 g/mol. The lowest BCUT2D eigenvalue weighted by atomic mass is 10.1. The van der Waals surface area contributed by atoms with Gasteiger partial charge in [-0.2, -0.15) is 0 Å². The maximum absolute atomic E-state index is 4.16. The maximum Gasteiger partial charge on any atom is 0.0315 e. The fourth-order valence-electron chi connectivity index (χ4n) is 1.77. The summed E-state index contributed by atoms with van der Waals surface area (Å²) in [5, 5.41) is 5.68. The summed E-state index contributed by atoms with van der Waals surface area (Å²) in [5.74, 6) is 0. The van der Waals surface area contributed by atoms with Crippen LogP contribution < -0.4 is 5.32 Å². The first-order valence-electron chi connectivity index (χ1n) is 5.91. The molecule has 0 radical (unpaired) electrons. The van der Waals surface area contributed by atoms with Crippen molar-refractivity contribution in [2.24, 2.45) is 0 Å². The molecule has 0 aromatic carbocycles. The van der Waals surface area contributed by atoms with Gasteiger partial charge in [0.25, 0.3) is 0 Å². The number of nitrogens with zero attached hydrogens (tertiary/aromatic N) is 1. The van der Waals surface area contributed by atoms with Crippen LogP contribution in [0.4, 0.5) is 0 Å². The summed E-state index contributed by atoms with van der Waals surface area (Å²) in [6.45, 7) is 5.25. The normalized spacial score (nSPS) is 12.6. The van der Waals surface area contributed by atoms with Crippen LogP contribution in [0.25, 0.3) is 0 Å². The number of nitrogens with one attached hydrogen (secondary N) is 1. The molecule has 0 aliphatic carbocycles. The van der Waals surface area contributed by atoms with Gasteiger partial charge < -0.3 is 5.32 Å². The van der Waals surface area contributed by atoms with Crippen LogP contribution in [0.1, 0.15) is 22.9 Å². The lowest BCUT2D eigenvalue weighted by Gasteiger charge is -2.13. The third-order valence-corrected chi connectivity index (χ3v) is 3.77. The van der Waals surface area contributed by atoms with Crippen molar-refractivity contribution in [3.05, 3.63) is 52.0 Å². The van der Waals surface area contributed by atoms with Gasteiger partial charge in [-0.15, -0.1) is 11.3 Å². The maximum atomic E-state index is 4.16. The van der Waals surface area contributed by atoms with E-state index < -0.39 is 0 Å². The number of aromatic nitrogens is 1. The van der Waals surface area contributed by atoms with Gasteiger partial charge in [-0.05, 0) is 48.9 Å². The van der Waals surface area contributed by atoms with Gasteiger partial charge >= 0.3 is 0 Å². The molecule has 2 nitrogen and oxygen atoms in total. The molecule has 1 atom stereocenters. The summed E-state index contributed by atoms with van der Waals surface area (Å²) in [6, 6.07) is 6.85. The van der Waals surface area contributed by atoms with Gasteiger partial charge in [0.2, 0.25) is 0 Å². The van der Waals surface area contributed by atoms with Gasteiger partial charge in [0.15, 0.2) is 0 Å². The molecule has 0 fully saturated rings. The Morgan fingerprint density at radius 1 is 1.41 bits per heavy atom. The highest BCUT2D eigenvalue weighted by Gasteiger charge is 2.05. The van der Waals surface area contributed by atoms with Gasteiger partial charge in [0.05, 0.1) is 0 Å². The monoisotopic (exact) mass is 246 g/mol. The van der Waals surface area contributed by atoms with E-state index in [0.29, 0.717) is 6.04 Å². The summed E-state index contributed by atoms with van der Waals surface area (Å²) in [6.07, 6.45) is 4.88. The zero-order chi connectivity index (χ0) is 12.1. The zero-order valence-corrected chi connectivity index (χ0v) is 11.1. The van der Waals surface area contributed by atoms with E-state index in [1.807, 2.05) is 23.7 Å². The zero-order valence-electron chi connectivity index (χ0n) is 10.3. The standard InChI is InChI=1S/C14H18N2S/c1-11-5-6-15-9-13(11)10-16-12(2)8-14-4-3-7-17-14/h3-7,9,12,16H,8,10H2,1-2H3. The molecule has 0 aliphatic heterocycles. The lowest BCUT2D eigenvalue weighted by Crippen LogP contribution is -2.27. The van der Waals surface area contributed by atoms with Crippen LogP contribution in [-0.4, -0.2) is 11.0 Å². The van der Waals surface area contributed by atoms with Crippen molar-refractivity contribution in [3.8, 4) is 0 Å². The van der Waals surface area contributed by atoms with Gasteiger partial charge in [-0.1, -0.05) is 6.07 Å². The van der Waals surface area contributed by atoms with E-state index >= 15 is 0 Å². The molecule has 0 saturated carbocycles. The Labute approximate surface area is 107 Å². The van der Waals surface area contributed by atoms with E-state index in [2.05, 4.69) is 47.7 Å². The fraction of sp³-hybridized carbons (Fsp3) is 0.357. The van der Waals surface area contributed by atoms with E-state index in [-0.39, 0.29) is 0 Å². The Balaban J connectivity index is 1.84. The molecule has 90 valence electrons. The molecule has 0 aliphatic rings. The molecule has 1 N–H and O–H groups in total. The van der Waals surface area contributed by atoms with E-state index in [1.54, 1.807) is 0 Å². The number of aryl methyl sites for hydroxylation is 1. The second-order valence-corrected chi connectivity index (χ2v) is 5.40. The molecule has 3 heteroatoms. The van der Waals surface area contributed by atoms with Crippen molar-refractivity contribution >= 4 is 11.3 Å². The van der Waals surface area contributed by atoms with Gasteiger partial charge in [-0.25, -0.2) is 0 Å². The van der Waals surface area contributed by atoms with Crippen LogP contribution in [0.2, 0.25) is 0 Å². The van der Waals surface area contributed by atoms with Crippen molar-refractivity contribution in [1.29, 1.82) is 0 Å². The Hall–Kier alpha value is -1.19. The average molecular weight is 246 g/mol. The summed E-state index contributed by atoms with van der Waals surface area (Å²) in [7, 11) is 0. The summed E-state index contributed by atoms with van der Waals surface area (Å²) >= 11 is 1.82. The first-order valence-corrected chi connectivity index (χ1v) is 6.79. The van der Waals surface area contributed by atoms with Crippen LogP contribution in [0.3, 0.4) is 0 Å². The second-order valence-electron chi connectivity index (χ2n) is 4.37. The minimum atomic E-state index is 0.494. The summed E-state index contributed by atoms with van der Waals surface area (Å²) in [4.78, 5) is 5.60. The predicted octanol–water partition coefficient (Wildman–Crippen LogP) is 3.17. The molecule has 2 aromatic heterocycles. The number of thiophene rings is 1. The minimum absolute atomic E-state index is 0.494. The Kier molecular flexibility index (Phi) is 4.29. The Morgan fingerprint density at radius 3 is 3.00 bits per heavy atom.